The van der Waals surface area contributed by atoms with Crippen molar-refractivity contribution in [1.29, 1.82) is 5.41 Å². The summed E-state index contributed by atoms with van der Waals surface area (Å²) in [5.74, 6) is 0.0870. The molecule has 0 saturated carbocycles. The lowest BCUT2D eigenvalue weighted by atomic mass is 10.1. The second-order valence-electron chi connectivity index (χ2n) is 6.28. The van der Waals surface area contributed by atoms with E-state index in [1.54, 1.807) is 12.1 Å². The number of benzene rings is 1. The number of anilines is 1. The summed E-state index contributed by atoms with van der Waals surface area (Å²) in [6.07, 6.45) is 3.96. The van der Waals surface area contributed by atoms with Crippen LogP contribution in [0.3, 0.4) is 0 Å². The number of aliphatic hydroxyl groups is 1. The van der Waals surface area contributed by atoms with Crippen LogP contribution in [0.5, 0.6) is 0 Å². The van der Waals surface area contributed by atoms with Gasteiger partial charge in [0, 0.05) is 24.7 Å². The van der Waals surface area contributed by atoms with Crippen molar-refractivity contribution in [2.75, 3.05) is 11.9 Å². The minimum absolute atomic E-state index is 0.183. The van der Waals surface area contributed by atoms with Gasteiger partial charge < -0.3 is 15.8 Å². The van der Waals surface area contributed by atoms with Gasteiger partial charge in [0.05, 0.1) is 15.7 Å². The van der Waals surface area contributed by atoms with Gasteiger partial charge in [-0.3, -0.25) is 14.6 Å². The molecular formula is C19H22Cl2N4O3. The normalized spacial score (nSPS) is 10.7. The fraction of sp³-hybridized carbons (Fsp3) is 0.368. The van der Waals surface area contributed by atoms with Gasteiger partial charge in [0.2, 0.25) is 5.95 Å². The molecule has 150 valence electrons. The lowest BCUT2D eigenvalue weighted by molar-refractivity contribution is -0.121. The highest BCUT2D eigenvalue weighted by atomic mass is 35.5. The van der Waals surface area contributed by atoms with E-state index in [0.29, 0.717) is 53.5 Å². The number of aliphatic hydroxyl groups excluding tert-OH is 1. The van der Waals surface area contributed by atoms with Crippen molar-refractivity contribution in [3.8, 4) is 0 Å². The molecule has 2 rings (SSSR count). The first-order valence-corrected chi connectivity index (χ1v) is 9.64. The molecule has 4 N–H and O–H groups in total. The van der Waals surface area contributed by atoms with E-state index in [-0.39, 0.29) is 17.3 Å². The third-order valence-electron chi connectivity index (χ3n) is 4.19. The molecule has 0 saturated heterocycles. The number of hydrogen-bond donors (Lipinski definition) is 4. The third-order valence-corrected chi connectivity index (χ3v) is 4.93. The minimum Gasteiger partial charge on any atom is -0.389 e. The molecule has 1 aromatic carbocycles. The summed E-state index contributed by atoms with van der Waals surface area (Å²) in [4.78, 5) is 30.4. The number of carbonyl (C=O) groups excluding carboxylic acids is 1. The van der Waals surface area contributed by atoms with E-state index >= 15 is 0 Å². The van der Waals surface area contributed by atoms with Gasteiger partial charge in [-0.05, 0) is 37.0 Å². The average Bonchev–Trinajstić information content (AvgIpc) is 2.69. The molecule has 0 aliphatic carbocycles. The van der Waals surface area contributed by atoms with Gasteiger partial charge in [-0.25, -0.2) is 4.98 Å². The van der Waals surface area contributed by atoms with Crippen LogP contribution < -0.4 is 10.9 Å². The molecule has 0 spiro atoms. The van der Waals surface area contributed by atoms with Crippen LogP contribution in [0.2, 0.25) is 10.0 Å². The number of halogens is 2. The highest BCUT2D eigenvalue weighted by molar-refractivity contribution is 6.42. The summed E-state index contributed by atoms with van der Waals surface area (Å²) in [5.41, 5.74) is 1.34. The van der Waals surface area contributed by atoms with Crippen LogP contribution in [-0.2, 0) is 17.8 Å². The summed E-state index contributed by atoms with van der Waals surface area (Å²) in [6, 6.07) is 5.23. The molecule has 7 nitrogen and oxygen atoms in total. The van der Waals surface area contributed by atoms with E-state index in [1.165, 1.54) is 0 Å². The van der Waals surface area contributed by atoms with Gasteiger partial charge in [-0.1, -0.05) is 35.7 Å². The predicted molar refractivity (Wildman–Crippen MR) is 111 cm³/mol. The lowest BCUT2D eigenvalue weighted by Crippen LogP contribution is -2.20. The number of aromatic nitrogens is 2. The van der Waals surface area contributed by atoms with Gasteiger partial charge in [0.15, 0.2) is 5.78 Å². The second kappa shape index (κ2) is 10.9. The molecule has 1 heterocycles. The maximum Gasteiger partial charge on any atom is 0.256 e. The standard InChI is InChI=1S/C19H22Cl2N4O3/c20-15-7-6-12(8-16(15)21)10-23-19-24-17(9-22)14(18(28)25-19)5-3-1-2-4-13(27)11-26/h6-9,22,26H,1-5,10-11H2,(H2,23,24,25,28). The van der Waals surface area contributed by atoms with Crippen LogP contribution in [0.1, 0.15) is 42.5 Å². The Morgan fingerprint density at radius 1 is 1.25 bits per heavy atom. The smallest absolute Gasteiger partial charge is 0.256 e. The van der Waals surface area contributed by atoms with Gasteiger partial charge in [0.1, 0.15) is 6.61 Å². The molecule has 0 aliphatic heterocycles. The number of carbonyl (C=O) groups is 1. The van der Waals surface area contributed by atoms with E-state index in [4.69, 9.17) is 33.7 Å². The van der Waals surface area contributed by atoms with Crippen LogP contribution in [0.4, 0.5) is 5.95 Å². The van der Waals surface area contributed by atoms with Crippen molar-refractivity contribution in [3.05, 3.63) is 55.4 Å². The predicted octanol–water partition coefficient (Wildman–Crippen LogP) is 3.35. The average molecular weight is 425 g/mol. The molecule has 2 aromatic rings. The SMILES string of the molecule is N=Cc1nc(NCc2ccc(Cl)c(Cl)c2)[nH]c(=O)c1CCCCCC(=O)CO. The maximum absolute atomic E-state index is 12.4. The van der Waals surface area contributed by atoms with E-state index in [0.717, 1.165) is 18.2 Å². The first-order valence-electron chi connectivity index (χ1n) is 8.88. The first kappa shape index (κ1) is 22.1. The molecule has 0 atom stereocenters. The van der Waals surface area contributed by atoms with Crippen molar-refractivity contribution in [2.45, 2.75) is 38.6 Å². The molecule has 0 bridgehead atoms. The number of unbranched alkanes of at least 4 members (excludes halogenated alkanes) is 2. The molecule has 0 radical (unpaired) electrons. The Hall–Kier alpha value is -2.22. The fourth-order valence-electron chi connectivity index (χ4n) is 2.68. The van der Waals surface area contributed by atoms with E-state index in [9.17, 15) is 9.59 Å². The topological polar surface area (TPSA) is 119 Å². The number of Topliss-reactive ketones (excluding diaryl/α,β-unsaturated/α-hetero) is 1. The maximum atomic E-state index is 12.4. The number of nitrogens with zero attached hydrogens (tertiary/aromatic N) is 1. The first-order chi connectivity index (χ1) is 13.4. The van der Waals surface area contributed by atoms with Crippen molar-refractivity contribution < 1.29 is 9.90 Å². The van der Waals surface area contributed by atoms with Gasteiger partial charge >= 0.3 is 0 Å². The summed E-state index contributed by atoms with van der Waals surface area (Å²) in [7, 11) is 0. The Bertz CT molecular complexity index is 899. The quantitative estimate of drug-likeness (QED) is 0.325. The van der Waals surface area contributed by atoms with E-state index < -0.39 is 6.61 Å². The van der Waals surface area contributed by atoms with E-state index in [1.807, 2.05) is 6.07 Å². The van der Waals surface area contributed by atoms with Gasteiger partial charge in [0.25, 0.3) is 5.56 Å². The van der Waals surface area contributed by atoms with Crippen molar-refractivity contribution in [3.63, 3.8) is 0 Å². The summed E-state index contributed by atoms with van der Waals surface area (Å²) in [5, 5.41) is 20.2. The summed E-state index contributed by atoms with van der Waals surface area (Å²) in [6.45, 7) is -0.0479. The summed E-state index contributed by atoms with van der Waals surface area (Å²) >= 11 is 11.9. The Balaban J connectivity index is 1.98. The van der Waals surface area contributed by atoms with Gasteiger partial charge in [-0.15, -0.1) is 0 Å². The molecule has 0 amide bonds. The molecular weight excluding hydrogens is 403 g/mol. The lowest BCUT2D eigenvalue weighted by Gasteiger charge is -2.10. The molecule has 28 heavy (non-hydrogen) atoms. The van der Waals surface area contributed by atoms with Crippen molar-refractivity contribution in [2.24, 2.45) is 0 Å². The Morgan fingerprint density at radius 3 is 2.71 bits per heavy atom. The highest BCUT2D eigenvalue weighted by Gasteiger charge is 2.10. The largest absolute Gasteiger partial charge is 0.389 e. The highest BCUT2D eigenvalue weighted by Crippen LogP contribution is 2.22. The molecule has 0 aliphatic rings. The fourth-order valence-corrected chi connectivity index (χ4v) is 3.00. The number of rotatable bonds is 11. The zero-order valence-corrected chi connectivity index (χ0v) is 16.7. The van der Waals surface area contributed by atoms with Crippen molar-refractivity contribution in [1.82, 2.24) is 9.97 Å². The summed E-state index contributed by atoms with van der Waals surface area (Å²) < 4.78 is 0. The zero-order chi connectivity index (χ0) is 20.5. The van der Waals surface area contributed by atoms with Crippen LogP contribution in [-0.4, -0.2) is 33.7 Å². The molecule has 0 fully saturated rings. The van der Waals surface area contributed by atoms with Crippen LogP contribution in [0.25, 0.3) is 0 Å². The molecule has 1 aromatic heterocycles. The number of ketones is 1. The van der Waals surface area contributed by atoms with Crippen LogP contribution in [0, 0.1) is 5.41 Å². The Kier molecular flexibility index (Phi) is 8.63. The van der Waals surface area contributed by atoms with Crippen molar-refractivity contribution >= 4 is 41.1 Å². The van der Waals surface area contributed by atoms with Gasteiger partial charge in [-0.2, -0.15) is 0 Å². The second-order valence-corrected chi connectivity index (χ2v) is 7.10. The number of hydrogen-bond acceptors (Lipinski definition) is 6. The van der Waals surface area contributed by atoms with Crippen LogP contribution in [0.15, 0.2) is 23.0 Å². The zero-order valence-electron chi connectivity index (χ0n) is 15.2. The minimum atomic E-state index is -0.432. The Labute approximate surface area is 172 Å². The van der Waals surface area contributed by atoms with E-state index in [2.05, 4.69) is 15.3 Å². The molecule has 9 heteroatoms. The molecule has 0 unspecified atom stereocenters. The number of H-pyrrole nitrogens is 1. The monoisotopic (exact) mass is 424 g/mol. The van der Waals surface area contributed by atoms with Crippen LogP contribution >= 0.6 is 23.2 Å². The number of aromatic amines is 1. The number of nitrogens with one attached hydrogen (secondary N) is 3. The third kappa shape index (κ3) is 6.44. The Morgan fingerprint density at radius 2 is 2.04 bits per heavy atom.